The Hall–Kier alpha value is -1.66. The highest BCUT2D eigenvalue weighted by Crippen LogP contribution is 2.23. The van der Waals surface area contributed by atoms with Crippen LogP contribution in [0.2, 0.25) is 0 Å². The topological polar surface area (TPSA) is 64.4 Å². The predicted octanol–water partition coefficient (Wildman–Crippen LogP) is 3.08. The molecule has 2 rings (SSSR count). The Labute approximate surface area is 128 Å². The van der Waals surface area contributed by atoms with E-state index in [4.69, 9.17) is 9.15 Å². The molecular formula is C15H20N2O3S. The van der Waals surface area contributed by atoms with Crippen molar-refractivity contribution in [2.24, 2.45) is 5.92 Å². The molecule has 1 atom stereocenters. The summed E-state index contributed by atoms with van der Waals surface area (Å²) in [6.45, 7) is 4.69. The van der Waals surface area contributed by atoms with Gasteiger partial charge in [0.1, 0.15) is 6.04 Å². The molecule has 0 radical (unpaired) electrons. The van der Waals surface area contributed by atoms with Gasteiger partial charge < -0.3 is 9.15 Å². The second kappa shape index (κ2) is 7.38. The smallest absolute Gasteiger partial charge is 0.322 e. The van der Waals surface area contributed by atoms with Crippen LogP contribution >= 0.6 is 11.3 Å². The van der Waals surface area contributed by atoms with Crippen molar-refractivity contribution in [1.29, 1.82) is 0 Å². The average Bonchev–Trinajstić information content (AvgIpc) is 3.12. The van der Waals surface area contributed by atoms with E-state index in [1.807, 2.05) is 17.5 Å². The molecule has 2 aromatic rings. The maximum atomic E-state index is 11.7. The number of esters is 1. The van der Waals surface area contributed by atoms with Gasteiger partial charge in [0.15, 0.2) is 10.8 Å². The Balaban J connectivity index is 1.96. The average molecular weight is 308 g/mol. The van der Waals surface area contributed by atoms with Gasteiger partial charge in [-0.2, -0.15) is 0 Å². The maximum Gasteiger partial charge on any atom is 0.322 e. The van der Waals surface area contributed by atoms with E-state index in [9.17, 15) is 4.79 Å². The molecule has 0 spiro atoms. The summed E-state index contributed by atoms with van der Waals surface area (Å²) >= 11 is 1.53. The summed E-state index contributed by atoms with van der Waals surface area (Å²) in [5.74, 6) is 0.943. The number of ether oxygens (including phenoxy) is 1. The van der Waals surface area contributed by atoms with Gasteiger partial charge in [0.25, 0.3) is 0 Å². The van der Waals surface area contributed by atoms with Crippen molar-refractivity contribution < 1.29 is 13.9 Å². The number of carbonyl (C=O) groups excluding carboxylic acids is 1. The normalized spacial score (nSPS) is 12.6. The molecule has 0 aliphatic carbocycles. The van der Waals surface area contributed by atoms with Crippen LogP contribution in [0.15, 0.2) is 28.2 Å². The first-order chi connectivity index (χ1) is 10.1. The second-order valence-electron chi connectivity index (χ2n) is 5.21. The molecule has 0 saturated heterocycles. The van der Waals surface area contributed by atoms with Crippen LogP contribution < -0.4 is 5.32 Å². The third-order valence-electron chi connectivity index (χ3n) is 3.01. The summed E-state index contributed by atoms with van der Waals surface area (Å²) in [6.07, 6.45) is 2.37. The SMILES string of the molecule is COC(=O)C(CC(C)C)NCc1csc(-c2ccco2)n1. The molecule has 0 saturated carbocycles. The molecule has 2 aromatic heterocycles. The van der Waals surface area contributed by atoms with Gasteiger partial charge >= 0.3 is 5.97 Å². The van der Waals surface area contributed by atoms with Crippen molar-refractivity contribution in [1.82, 2.24) is 10.3 Å². The largest absolute Gasteiger partial charge is 0.468 e. The lowest BCUT2D eigenvalue weighted by Crippen LogP contribution is -2.38. The molecule has 5 nitrogen and oxygen atoms in total. The number of rotatable bonds is 7. The van der Waals surface area contributed by atoms with Crippen LogP contribution in [0.4, 0.5) is 0 Å². The third kappa shape index (κ3) is 4.41. The molecule has 0 bridgehead atoms. The van der Waals surface area contributed by atoms with E-state index in [-0.39, 0.29) is 12.0 Å². The first-order valence-corrected chi connectivity index (χ1v) is 7.77. The minimum absolute atomic E-state index is 0.231. The fourth-order valence-corrected chi connectivity index (χ4v) is 2.79. The Kier molecular flexibility index (Phi) is 5.52. The molecule has 6 heteroatoms. The zero-order chi connectivity index (χ0) is 15.2. The van der Waals surface area contributed by atoms with Crippen LogP contribution in [-0.4, -0.2) is 24.1 Å². The fourth-order valence-electron chi connectivity index (χ4n) is 2.01. The van der Waals surface area contributed by atoms with Crippen molar-refractivity contribution >= 4 is 17.3 Å². The van der Waals surface area contributed by atoms with E-state index in [2.05, 4.69) is 24.1 Å². The first-order valence-electron chi connectivity index (χ1n) is 6.89. The summed E-state index contributed by atoms with van der Waals surface area (Å²) in [5, 5.41) is 6.03. The van der Waals surface area contributed by atoms with Crippen LogP contribution in [0.5, 0.6) is 0 Å². The van der Waals surface area contributed by atoms with Gasteiger partial charge in [-0.1, -0.05) is 13.8 Å². The number of furan rings is 1. The van der Waals surface area contributed by atoms with E-state index in [0.29, 0.717) is 12.5 Å². The molecule has 21 heavy (non-hydrogen) atoms. The summed E-state index contributed by atoms with van der Waals surface area (Å²) in [6, 6.07) is 3.42. The molecule has 1 N–H and O–H groups in total. The number of carbonyl (C=O) groups is 1. The van der Waals surface area contributed by atoms with Gasteiger partial charge in [-0.05, 0) is 24.5 Å². The third-order valence-corrected chi connectivity index (χ3v) is 3.91. The zero-order valence-corrected chi connectivity index (χ0v) is 13.3. The van der Waals surface area contributed by atoms with Gasteiger partial charge in [-0.25, -0.2) is 4.98 Å². The molecule has 2 heterocycles. The first kappa shape index (κ1) is 15.7. The van der Waals surface area contributed by atoms with Crippen LogP contribution in [0.25, 0.3) is 10.8 Å². The van der Waals surface area contributed by atoms with Gasteiger partial charge in [-0.15, -0.1) is 11.3 Å². The van der Waals surface area contributed by atoms with Crippen molar-refractivity contribution in [3.05, 3.63) is 29.5 Å². The highest BCUT2D eigenvalue weighted by Gasteiger charge is 2.20. The van der Waals surface area contributed by atoms with E-state index in [1.165, 1.54) is 18.4 Å². The van der Waals surface area contributed by atoms with E-state index < -0.39 is 0 Å². The van der Waals surface area contributed by atoms with Crippen molar-refractivity contribution in [3.8, 4) is 10.8 Å². The van der Waals surface area contributed by atoms with E-state index in [1.54, 1.807) is 6.26 Å². The molecule has 0 aromatic carbocycles. The standard InChI is InChI=1S/C15H20N2O3S/c1-10(2)7-12(15(18)19-3)16-8-11-9-21-14(17-11)13-5-4-6-20-13/h4-6,9-10,12,16H,7-8H2,1-3H3. The molecule has 0 amide bonds. The Bertz CT molecular complexity index is 563. The molecular weight excluding hydrogens is 288 g/mol. The lowest BCUT2D eigenvalue weighted by Gasteiger charge is -2.17. The number of aromatic nitrogens is 1. The van der Waals surface area contributed by atoms with Crippen LogP contribution in [0.3, 0.4) is 0 Å². The van der Waals surface area contributed by atoms with Crippen LogP contribution in [0, 0.1) is 5.92 Å². The van der Waals surface area contributed by atoms with E-state index >= 15 is 0 Å². The molecule has 0 aliphatic heterocycles. The van der Waals surface area contributed by atoms with Gasteiger partial charge in [0, 0.05) is 11.9 Å². The van der Waals surface area contributed by atoms with Crippen LogP contribution in [-0.2, 0) is 16.1 Å². The fraction of sp³-hybridized carbons (Fsp3) is 0.467. The van der Waals surface area contributed by atoms with E-state index in [0.717, 1.165) is 22.9 Å². The number of hydrogen-bond acceptors (Lipinski definition) is 6. The molecule has 0 aliphatic rings. The minimum Gasteiger partial charge on any atom is -0.468 e. The maximum absolute atomic E-state index is 11.7. The number of hydrogen-bond donors (Lipinski definition) is 1. The lowest BCUT2D eigenvalue weighted by molar-refractivity contribution is -0.143. The zero-order valence-electron chi connectivity index (χ0n) is 12.5. The highest BCUT2D eigenvalue weighted by atomic mass is 32.1. The second-order valence-corrected chi connectivity index (χ2v) is 6.07. The Morgan fingerprint density at radius 3 is 2.95 bits per heavy atom. The number of methoxy groups -OCH3 is 1. The number of thiazole rings is 1. The number of nitrogens with zero attached hydrogens (tertiary/aromatic N) is 1. The Morgan fingerprint density at radius 1 is 1.52 bits per heavy atom. The van der Waals surface area contributed by atoms with Gasteiger partial charge in [-0.3, -0.25) is 10.1 Å². The Morgan fingerprint density at radius 2 is 2.33 bits per heavy atom. The van der Waals surface area contributed by atoms with Gasteiger partial charge in [0.2, 0.25) is 0 Å². The van der Waals surface area contributed by atoms with Crippen molar-refractivity contribution in [3.63, 3.8) is 0 Å². The lowest BCUT2D eigenvalue weighted by atomic mass is 10.0. The molecule has 0 fully saturated rings. The predicted molar refractivity (Wildman–Crippen MR) is 81.9 cm³/mol. The van der Waals surface area contributed by atoms with Crippen molar-refractivity contribution in [2.45, 2.75) is 32.9 Å². The van der Waals surface area contributed by atoms with Crippen LogP contribution in [0.1, 0.15) is 26.0 Å². The monoisotopic (exact) mass is 308 g/mol. The quantitative estimate of drug-likeness (QED) is 0.796. The van der Waals surface area contributed by atoms with Crippen molar-refractivity contribution in [2.75, 3.05) is 7.11 Å². The highest BCUT2D eigenvalue weighted by molar-refractivity contribution is 7.13. The molecule has 1 unspecified atom stereocenters. The summed E-state index contributed by atoms with van der Waals surface area (Å²) in [5.41, 5.74) is 0.893. The minimum atomic E-state index is -0.302. The number of nitrogens with one attached hydrogen (secondary N) is 1. The molecule has 114 valence electrons. The summed E-state index contributed by atoms with van der Waals surface area (Å²) < 4.78 is 10.2. The van der Waals surface area contributed by atoms with Gasteiger partial charge in [0.05, 0.1) is 19.1 Å². The summed E-state index contributed by atoms with van der Waals surface area (Å²) in [4.78, 5) is 16.2. The summed E-state index contributed by atoms with van der Waals surface area (Å²) in [7, 11) is 1.41.